The standard InChI is InChI=1S/C8H10O5P2S/c9-14(7-15(10,11)12)13-6-16-8-4-2-1-3-5-8/h1-5H,6-7H2,(H-,10,11,12)/p+1. The number of benzene rings is 1. The Kier molecular flexibility index (Phi) is 5.62. The molecule has 0 fully saturated rings. The van der Waals surface area contributed by atoms with Crippen LogP contribution in [0, 0.1) is 0 Å². The normalized spacial score (nSPS) is 12.5. The molecule has 0 radical (unpaired) electrons. The first kappa shape index (κ1) is 13.8. The Morgan fingerprint density at radius 2 is 1.94 bits per heavy atom. The Morgan fingerprint density at radius 1 is 1.31 bits per heavy atom. The molecule has 0 amide bonds. The Labute approximate surface area is 98.2 Å². The largest absolute Gasteiger partial charge is 0.521 e. The van der Waals surface area contributed by atoms with Gasteiger partial charge in [0.2, 0.25) is 0 Å². The molecule has 0 saturated carbocycles. The third kappa shape index (κ3) is 6.38. The molecule has 1 unspecified atom stereocenters. The van der Waals surface area contributed by atoms with E-state index in [0.29, 0.717) is 0 Å². The second-order valence-corrected chi connectivity index (χ2v) is 7.22. The lowest BCUT2D eigenvalue weighted by Gasteiger charge is -1.96. The van der Waals surface area contributed by atoms with Crippen molar-refractivity contribution in [2.24, 2.45) is 0 Å². The van der Waals surface area contributed by atoms with Crippen LogP contribution in [0.1, 0.15) is 0 Å². The average Bonchev–Trinajstić information content (AvgIpc) is 2.16. The van der Waals surface area contributed by atoms with Crippen LogP contribution in [0.25, 0.3) is 0 Å². The van der Waals surface area contributed by atoms with Gasteiger partial charge in [0, 0.05) is 4.90 Å². The molecule has 2 N–H and O–H groups in total. The van der Waals surface area contributed by atoms with Gasteiger partial charge >= 0.3 is 15.6 Å². The molecule has 0 saturated heterocycles. The summed E-state index contributed by atoms with van der Waals surface area (Å²) in [4.78, 5) is 18.0. The van der Waals surface area contributed by atoms with Crippen LogP contribution in [-0.4, -0.2) is 21.6 Å². The number of rotatable bonds is 6. The third-order valence-electron chi connectivity index (χ3n) is 1.47. The SMILES string of the molecule is O=[P+](CP(=O)(O)O)OCSc1ccccc1. The van der Waals surface area contributed by atoms with Crippen molar-refractivity contribution in [1.29, 1.82) is 0 Å². The first-order chi connectivity index (χ1) is 7.47. The Balaban J connectivity index is 2.26. The Hall–Kier alpha value is -0.220. The van der Waals surface area contributed by atoms with Gasteiger partial charge in [-0.2, -0.15) is 0 Å². The van der Waals surface area contributed by atoms with E-state index in [1.54, 1.807) is 0 Å². The second kappa shape index (κ2) is 6.50. The molecule has 0 aliphatic carbocycles. The maximum absolute atomic E-state index is 11.1. The van der Waals surface area contributed by atoms with E-state index in [1.807, 2.05) is 30.3 Å². The summed E-state index contributed by atoms with van der Waals surface area (Å²) in [5.74, 6) is -0.614. The molecular formula is C8H11O5P2S+. The zero-order valence-electron chi connectivity index (χ0n) is 8.22. The summed E-state index contributed by atoms with van der Waals surface area (Å²) in [5, 5.41) is 0. The van der Waals surface area contributed by atoms with Gasteiger partial charge in [0.1, 0.15) is 0 Å². The van der Waals surface area contributed by atoms with Crippen LogP contribution in [0.3, 0.4) is 0 Å². The van der Waals surface area contributed by atoms with E-state index in [2.05, 4.69) is 0 Å². The van der Waals surface area contributed by atoms with Gasteiger partial charge in [-0.15, -0.1) is 4.52 Å². The molecule has 0 aliphatic heterocycles. The van der Waals surface area contributed by atoms with Crippen molar-refractivity contribution in [3.8, 4) is 0 Å². The zero-order chi connectivity index (χ0) is 12.0. The van der Waals surface area contributed by atoms with E-state index in [9.17, 15) is 9.13 Å². The van der Waals surface area contributed by atoms with E-state index >= 15 is 0 Å². The fraction of sp³-hybridized carbons (Fsp3) is 0.250. The molecule has 0 aromatic heterocycles. The highest BCUT2D eigenvalue weighted by Gasteiger charge is 2.31. The van der Waals surface area contributed by atoms with E-state index in [1.165, 1.54) is 11.8 Å². The van der Waals surface area contributed by atoms with Gasteiger partial charge in [-0.05, 0) is 16.7 Å². The zero-order valence-corrected chi connectivity index (χ0v) is 10.8. The van der Waals surface area contributed by atoms with Crippen molar-refractivity contribution in [3.63, 3.8) is 0 Å². The van der Waals surface area contributed by atoms with Gasteiger partial charge in [-0.25, -0.2) is 0 Å². The predicted octanol–water partition coefficient (Wildman–Crippen LogP) is 2.63. The summed E-state index contributed by atoms with van der Waals surface area (Å²) in [6.07, 6.45) is 0. The summed E-state index contributed by atoms with van der Waals surface area (Å²) < 4.78 is 26.4. The monoisotopic (exact) mass is 281 g/mol. The quantitative estimate of drug-likeness (QED) is 0.473. The molecule has 1 aromatic rings. The van der Waals surface area contributed by atoms with Gasteiger partial charge in [0.15, 0.2) is 5.94 Å². The first-order valence-corrected chi connectivity index (χ1v) is 8.42. The van der Waals surface area contributed by atoms with E-state index < -0.39 is 21.5 Å². The van der Waals surface area contributed by atoms with Crippen molar-refractivity contribution in [1.82, 2.24) is 0 Å². The highest BCUT2D eigenvalue weighted by molar-refractivity contribution is 7.99. The molecule has 0 bridgehead atoms. The Morgan fingerprint density at radius 3 is 2.50 bits per heavy atom. The van der Waals surface area contributed by atoms with Crippen LogP contribution in [0.4, 0.5) is 0 Å². The summed E-state index contributed by atoms with van der Waals surface area (Å²) in [5.41, 5.74) is 0. The predicted molar refractivity (Wildman–Crippen MR) is 62.8 cm³/mol. The fourth-order valence-electron chi connectivity index (χ4n) is 0.861. The summed E-state index contributed by atoms with van der Waals surface area (Å²) in [6, 6.07) is 9.32. The first-order valence-electron chi connectivity index (χ1n) is 4.27. The topological polar surface area (TPSA) is 83.8 Å². The van der Waals surface area contributed by atoms with Crippen LogP contribution in [0.2, 0.25) is 0 Å². The van der Waals surface area contributed by atoms with Gasteiger partial charge in [0.05, 0.1) is 0 Å². The lowest BCUT2D eigenvalue weighted by Crippen LogP contribution is -1.86. The minimum atomic E-state index is -4.25. The van der Waals surface area contributed by atoms with Crippen molar-refractivity contribution in [2.45, 2.75) is 4.90 Å². The molecule has 8 heteroatoms. The van der Waals surface area contributed by atoms with Crippen molar-refractivity contribution in [3.05, 3.63) is 30.3 Å². The minimum absolute atomic E-state index is 0.110. The van der Waals surface area contributed by atoms with Crippen LogP contribution in [0.5, 0.6) is 0 Å². The molecule has 1 rings (SSSR count). The molecule has 1 atom stereocenters. The van der Waals surface area contributed by atoms with Crippen LogP contribution in [-0.2, 0) is 13.7 Å². The lowest BCUT2D eigenvalue weighted by molar-refractivity contribution is 0.369. The van der Waals surface area contributed by atoms with Crippen molar-refractivity contribution < 1.29 is 23.4 Å². The summed E-state index contributed by atoms with van der Waals surface area (Å²) in [7, 11) is -6.55. The maximum Gasteiger partial charge on any atom is 0.521 e. The van der Waals surface area contributed by atoms with E-state index in [4.69, 9.17) is 14.3 Å². The lowest BCUT2D eigenvalue weighted by atomic mass is 10.4. The van der Waals surface area contributed by atoms with Gasteiger partial charge in [-0.1, -0.05) is 30.0 Å². The molecule has 0 aliphatic rings. The summed E-state index contributed by atoms with van der Waals surface area (Å²) in [6.45, 7) is 0. The molecule has 16 heavy (non-hydrogen) atoms. The number of hydrogen-bond donors (Lipinski definition) is 2. The van der Waals surface area contributed by atoms with Gasteiger partial charge in [0.25, 0.3) is 5.90 Å². The number of hydrogen-bond acceptors (Lipinski definition) is 4. The maximum atomic E-state index is 11.1. The molecule has 88 valence electrons. The minimum Gasteiger partial charge on any atom is -0.321 e. The third-order valence-corrected chi connectivity index (χ3v) is 5.30. The van der Waals surface area contributed by atoms with Crippen molar-refractivity contribution in [2.75, 3.05) is 11.8 Å². The smallest absolute Gasteiger partial charge is 0.321 e. The highest BCUT2D eigenvalue weighted by atomic mass is 32.2. The molecule has 5 nitrogen and oxygen atoms in total. The average molecular weight is 281 g/mol. The van der Waals surface area contributed by atoms with Gasteiger partial charge < -0.3 is 9.79 Å². The van der Waals surface area contributed by atoms with Gasteiger partial charge in [-0.3, -0.25) is 4.57 Å². The highest BCUT2D eigenvalue weighted by Crippen LogP contribution is 2.45. The van der Waals surface area contributed by atoms with Crippen LogP contribution < -0.4 is 0 Å². The molecule has 1 aromatic carbocycles. The van der Waals surface area contributed by atoms with E-state index in [-0.39, 0.29) is 5.94 Å². The van der Waals surface area contributed by atoms with Crippen LogP contribution >= 0.6 is 27.4 Å². The molecule has 0 heterocycles. The summed E-state index contributed by atoms with van der Waals surface area (Å²) >= 11 is 1.32. The second-order valence-electron chi connectivity index (χ2n) is 2.84. The van der Waals surface area contributed by atoms with Crippen LogP contribution in [0.15, 0.2) is 35.2 Å². The van der Waals surface area contributed by atoms with Crippen molar-refractivity contribution >= 4 is 27.4 Å². The van der Waals surface area contributed by atoms with E-state index in [0.717, 1.165) is 4.90 Å². The molecule has 0 spiro atoms. The Bertz CT molecular complexity index is 391. The fourth-order valence-corrected chi connectivity index (χ4v) is 3.56. The molecular weight excluding hydrogens is 270 g/mol. The number of thioether (sulfide) groups is 1.